The zero-order valence-electron chi connectivity index (χ0n) is 13.3. The van der Waals surface area contributed by atoms with Crippen LogP contribution in [-0.2, 0) is 0 Å². The maximum Gasteiger partial charge on any atom is 0.256 e. The number of ether oxygens (including phenoxy) is 1. The molecule has 1 rings (SSSR count). The SMILES string of the molecule is C=CCNC(=O)c1c(OC(C)(CC)CC)ccc(C)c1Cl. The van der Waals surface area contributed by atoms with Gasteiger partial charge in [-0.25, -0.2) is 0 Å². The molecule has 21 heavy (non-hydrogen) atoms. The molecule has 1 aromatic rings. The van der Waals surface area contributed by atoms with Crippen molar-refractivity contribution in [3.63, 3.8) is 0 Å². The predicted octanol–water partition coefficient (Wildman–Crippen LogP) is 4.52. The van der Waals surface area contributed by atoms with Gasteiger partial charge in [0.15, 0.2) is 0 Å². The average Bonchev–Trinajstić information content (AvgIpc) is 2.48. The van der Waals surface area contributed by atoms with Gasteiger partial charge in [-0.05, 0) is 38.3 Å². The van der Waals surface area contributed by atoms with Gasteiger partial charge in [-0.3, -0.25) is 4.79 Å². The molecule has 1 amide bonds. The molecular weight excluding hydrogens is 286 g/mol. The first-order chi connectivity index (χ1) is 9.88. The highest BCUT2D eigenvalue weighted by Gasteiger charge is 2.26. The standard InChI is InChI=1S/C17H24ClNO2/c1-6-11-19-16(20)14-13(10-9-12(4)15(14)18)21-17(5,7-2)8-3/h6,9-10H,1,7-8,11H2,2-5H3,(H,19,20). The van der Waals surface area contributed by atoms with Gasteiger partial charge in [0.1, 0.15) is 16.9 Å². The second-order valence-electron chi connectivity index (χ2n) is 5.33. The van der Waals surface area contributed by atoms with Crippen molar-refractivity contribution in [2.45, 2.75) is 46.1 Å². The zero-order valence-corrected chi connectivity index (χ0v) is 14.0. The Labute approximate surface area is 132 Å². The Balaban J connectivity index is 3.23. The number of benzene rings is 1. The van der Waals surface area contributed by atoms with Crippen LogP contribution in [0, 0.1) is 6.92 Å². The first-order valence-electron chi connectivity index (χ1n) is 7.25. The van der Waals surface area contributed by atoms with Crippen molar-refractivity contribution in [1.82, 2.24) is 5.32 Å². The highest BCUT2D eigenvalue weighted by molar-refractivity contribution is 6.35. The normalized spacial score (nSPS) is 11.1. The lowest BCUT2D eigenvalue weighted by Gasteiger charge is -2.29. The summed E-state index contributed by atoms with van der Waals surface area (Å²) in [4.78, 5) is 12.3. The van der Waals surface area contributed by atoms with E-state index < -0.39 is 0 Å². The quantitative estimate of drug-likeness (QED) is 0.752. The number of halogens is 1. The molecule has 1 N–H and O–H groups in total. The van der Waals surface area contributed by atoms with Crippen LogP contribution in [0.2, 0.25) is 5.02 Å². The Bertz CT molecular complexity index is 522. The van der Waals surface area contributed by atoms with Crippen LogP contribution in [0.25, 0.3) is 0 Å². The number of carbonyl (C=O) groups is 1. The van der Waals surface area contributed by atoms with Crippen LogP contribution in [0.3, 0.4) is 0 Å². The van der Waals surface area contributed by atoms with Crippen LogP contribution in [-0.4, -0.2) is 18.1 Å². The molecule has 0 radical (unpaired) electrons. The van der Waals surface area contributed by atoms with Crippen LogP contribution in [0.4, 0.5) is 0 Å². The molecule has 0 saturated heterocycles. The van der Waals surface area contributed by atoms with Crippen LogP contribution in [0.5, 0.6) is 5.75 Å². The van der Waals surface area contributed by atoms with E-state index in [2.05, 4.69) is 25.7 Å². The molecule has 0 bridgehead atoms. The van der Waals surface area contributed by atoms with E-state index in [0.717, 1.165) is 18.4 Å². The molecule has 0 fully saturated rings. The third kappa shape index (κ3) is 4.24. The van der Waals surface area contributed by atoms with Gasteiger partial charge in [-0.1, -0.05) is 37.6 Å². The largest absolute Gasteiger partial charge is 0.487 e. The fourth-order valence-electron chi connectivity index (χ4n) is 1.87. The molecule has 0 heterocycles. The summed E-state index contributed by atoms with van der Waals surface area (Å²) in [5, 5.41) is 3.19. The molecular formula is C17H24ClNO2. The number of nitrogens with one attached hydrogen (secondary N) is 1. The predicted molar refractivity (Wildman–Crippen MR) is 88.3 cm³/mol. The molecule has 0 atom stereocenters. The van der Waals surface area contributed by atoms with Gasteiger partial charge in [-0.2, -0.15) is 0 Å². The second kappa shape index (κ2) is 7.51. The molecule has 1 aromatic carbocycles. The molecule has 0 aliphatic carbocycles. The lowest BCUT2D eigenvalue weighted by atomic mass is 9.99. The number of hydrogen-bond donors (Lipinski definition) is 1. The summed E-state index contributed by atoms with van der Waals surface area (Å²) in [5.74, 6) is 0.284. The van der Waals surface area contributed by atoms with Gasteiger partial charge in [0, 0.05) is 6.54 Å². The van der Waals surface area contributed by atoms with E-state index in [1.54, 1.807) is 6.08 Å². The summed E-state index contributed by atoms with van der Waals surface area (Å²) in [5.41, 5.74) is 0.931. The monoisotopic (exact) mass is 309 g/mol. The van der Waals surface area contributed by atoms with Crippen LogP contribution < -0.4 is 10.1 Å². The minimum absolute atomic E-state index is 0.242. The van der Waals surface area contributed by atoms with Crippen molar-refractivity contribution in [2.75, 3.05) is 6.54 Å². The maximum atomic E-state index is 12.3. The maximum absolute atomic E-state index is 12.3. The van der Waals surface area contributed by atoms with Crippen molar-refractivity contribution in [3.8, 4) is 5.75 Å². The minimum Gasteiger partial charge on any atom is -0.487 e. The van der Waals surface area contributed by atoms with E-state index in [-0.39, 0.29) is 11.5 Å². The first kappa shape index (κ1) is 17.6. The van der Waals surface area contributed by atoms with Crippen LogP contribution in [0.15, 0.2) is 24.8 Å². The number of hydrogen-bond acceptors (Lipinski definition) is 2. The third-order valence-electron chi connectivity index (χ3n) is 3.78. The van der Waals surface area contributed by atoms with Gasteiger partial charge in [0.25, 0.3) is 5.91 Å². The zero-order chi connectivity index (χ0) is 16.0. The lowest BCUT2D eigenvalue weighted by molar-refractivity contribution is 0.0765. The summed E-state index contributed by atoms with van der Waals surface area (Å²) in [6.45, 7) is 12.0. The van der Waals surface area contributed by atoms with E-state index in [1.807, 2.05) is 26.0 Å². The van der Waals surface area contributed by atoms with E-state index in [0.29, 0.717) is 22.9 Å². The molecule has 116 valence electrons. The molecule has 0 unspecified atom stereocenters. The summed E-state index contributed by atoms with van der Waals surface area (Å²) >= 11 is 6.32. The number of aryl methyl sites for hydroxylation is 1. The van der Waals surface area contributed by atoms with Gasteiger partial charge in [0.2, 0.25) is 0 Å². The smallest absolute Gasteiger partial charge is 0.256 e. The molecule has 3 nitrogen and oxygen atoms in total. The molecule has 0 aromatic heterocycles. The molecule has 0 aliphatic heterocycles. The summed E-state index contributed by atoms with van der Waals surface area (Å²) in [7, 11) is 0. The summed E-state index contributed by atoms with van der Waals surface area (Å²) in [6, 6.07) is 3.68. The number of carbonyl (C=O) groups excluding carboxylic acids is 1. The van der Waals surface area contributed by atoms with E-state index >= 15 is 0 Å². The van der Waals surface area contributed by atoms with Crippen molar-refractivity contribution >= 4 is 17.5 Å². The average molecular weight is 310 g/mol. The molecule has 0 aliphatic rings. The van der Waals surface area contributed by atoms with Gasteiger partial charge < -0.3 is 10.1 Å². The Kier molecular flexibility index (Phi) is 6.28. The van der Waals surface area contributed by atoms with Crippen LogP contribution in [0.1, 0.15) is 49.5 Å². The van der Waals surface area contributed by atoms with Crippen molar-refractivity contribution in [2.24, 2.45) is 0 Å². The highest BCUT2D eigenvalue weighted by Crippen LogP contribution is 2.33. The molecule has 0 saturated carbocycles. The topological polar surface area (TPSA) is 38.3 Å². The first-order valence-corrected chi connectivity index (χ1v) is 7.63. The van der Waals surface area contributed by atoms with Gasteiger partial charge in [0.05, 0.1) is 5.02 Å². The lowest BCUT2D eigenvalue weighted by Crippen LogP contribution is -2.32. The Morgan fingerprint density at radius 2 is 2.05 bits per heavy atom. The highest BCUT2D eigenvalue weighted by atomic mass is 35.5. The Morgan fingerprint density at radius 1 is 1.43 bits per heavy atom. The molecule has 4 heteroatoms. The second-order valence-corrected chi connectivity index (χ2v) is 5.71. The van der Waals surface area contributed by atoms with Crippen molar-refractivity contribution in [1.29, 1.82) is 0 Å². The fourth-order valence-corrected chi connectivity index (χ4v) is 2.11. The summed E-state index contributed by atoms with van der Waals surface area (Å²) < 4.78 is 6.10. The Hall–Kier alpha value is -1.48. The van der Waals surface area contributed by atoms with E-state index in [4.69, 9.17) is 16.3 Å². The van der Waals surface area contributed by atoms with Crippen LogP contribution >= 0.6 is 11.6 Å². The fraction of sp³-hybridized carbons (Fsp3) is 0.471. The minimum atomic E-state index is -0.313. The number of rotatable bonds is 7. The van der Waals surface area contributed by atoms with E-state index in [1.165, 1.54) is 0 Å². The molecule has 0 spiro atoms. The number of amides is 1. The van der Waals surface area contributed by atoms with Gasteiger partial charge >= 0.3 is 0 Å². The van der Waals surface area contributed by atoms with Crippen molar-refractivity contribution < 1.29 is 9.53 Å². The third-order valence-corrected chi connectivity index (χ3v) is 4.27. The van der Waals surface area contributed by atoms with Gasteiger partial charge in [-0.15, -0.1) is 6.58 Å². The Morgan fingerprint density at radius 3 is 2.57 bits per heavy atom. The van der Waals surface area contributed by atoms with E-state index in [9.17, 15) is 4.79 Å². The summed E-state index contributed by atoms with van der Waals surface area (Å²) in [6.07, 6.45) is 3.33. The van der Waals surface area contributed by atoms with Crippen molar-refractivity contribution in [3.05, 3.63) is 40.9 Å².